The summed E-state index contributed by atoms with van der Waals surface area (Å²) in [5, 5.41) is 3.05. The van der Waals surface area contributed by atoms with Gasteiger partial charge in [0.25, 0.3) is 7.82 Å². The summed E-state index contributed by atoms with van der Waals surface area (Å²) in [6.45, 7) is 6.86. The van der Waals surface area contributed by atoms with Gasteiger partial charge in [-0.3, -0.25) is 14.2 Å². The molecule has 1 N–H and O–H groups in total. The van der Waals surface area contributed by atoms with Crippen LogP contribution in [0.1, 0.15) is 367 Å². The van der Waals surface area contributed by atoms with Crippen LogP contribution in [-0.4, -0.2) is 69.4 Å². The Morgan fingerprint density at radius 1 is 0.402 bits per heavy atom. The molecule has 0 radical (unpaired) electrons. The Balaban J connectivity index is 4.94. The van der Waals surface area contributed by atoms with Gasteiger partial charge in [-0.25, -0.2) is 0 Å². The van der Waals surface area contributed by atoms with Crippen molar-refractivity contribution in [3.63, 3.8) is 0 Å². The molecule has 0 rings (SSSR count). The second-order valence-corrected chi connectivity index (χ2v) is 28.2. The number of allylic oxidation sites excluding steroid dienone is 9. The summed E-state index contributed by atoms with van der Waals surface area (Å²) in [6.07, 6.45) is 86.4. The van der Waals surface area contributed by atoms with E-state index < -0.39 is 20.0 Å². The van der Waals surface area contributed by atoms with E-state index in [-0.39, 0.29) is 31.5 Å². The first-order chi connectivity index (χ1) is 42.4. The zero-order chi connectivity index (χ0) is 63.5. The van der Waals surface area contributed by atoms with Crippen LogP contribution in [0, 0.1) is 0 Å². The lowest BCUT2D eigenvalue weighted by atomic mass is 10.0. The minimum Gasteiger partial charge on any atom is -0.756 e. The summed E-state index contributed by atoms with van der Waals surface area (Å²) < 4.78 is 30.5. The maximum atomic E-state index is 13.6. The van der Waals surface area contributed by atoms with Crippen LogP contribution in [-0.2, 0) is 27.9 Å². The van der Waals surface area contributed by atoms with Crippen LogP contribution in [0.15, 0.2) is 60.8 Å². The Hall–Kier alpha value is -2.29. The smallest absolute Gasteiger partial charge is 0.306 e. The Labute approximate surface area is 541 Å². The lowest BCUT2D eigenvalue weighted by Gasteiger charge is -2.30. The zero-order valence-corrected chi connectivity index (χ0v) is 59.4. The molecular weight excluding hydrogens is 1100 g/mol. The van der Waals surface area contributed by atoms with E-state index in [4.69, 9.17) is 13.8 Å². The molecule has 3 atom stereocenters. The maximum Gasteiger partial charge on any atom is 0.306 e. The van der Waals surface area contributed by atoms with Crippen LogP contribution in [0.4, 0.5) is 0 Å². The second kappa shape index (κ2) is 66.6. The molecule has 0 aliphatic heterocycles. The van der Waals surface area contributed by atoms with E-state index in [2.05, 4.69) is 74.7 Å². The van der Waals surface area contributed by atoms with Gasteiger partial charge < -0.3 is 28.5 Å². The van der Waals surface area contributed by atoms with Crippen molar-refractivity contribution in [3.8, 4) is 0 Å². The number of nitrogens with zero attached hydrogens (tertiary/aromatic N) is 1. The molecule has 0 saturated heterocycles. The number of carbonyl (C=O) groups is 2. The summed E-state index contributed by atoms with van der Waals surface area (Å²) >= 11 is 0. The van der Waals surface area contributed by atoms with Crippen LogP contribution in [0.3, 0.4) is 0 Å². The molecule has 0 aromatic rings. The van der Waals surface area contributed by atoms with E-state index in [0.29, 0.717) is 17.4 Å². The van der Waals surface area contributed by atoms with Gasteiger partial charge in [0.1, 0.15) is 19.3 Å². The van der Waals surface area contributed by atoms with Gasteiger partial charge in [0, 0.05) is 12.8 Å². The molecule has 0 saturated carbocycles. The van der Waals surface area contributed by atoms with Gasteiger partial charge in [0.2, 0.25) is 5.91 Å². The number of phosphoric ester groups is 1. The lowest BCUT2D eigenvalue weighted by Crippen LogP contribution is -2.47. The van der Waals surface area contributed by atoms with Crippen molar-refractivity contribution in [2.75, 3.05) is 40.9 Å². The van der Waals surface area contributed by atoms with Crippen molar-refractivity contribution in [1.29, 1.82) is 0 Å². The van der Waals surface area contributed by atoms with E-state index in [9.17, 15) is 19.0 Å². The number of esters is 1. The van der Waals surface area contributed by atoms with Gasteiger partial charge in [-0.1, -0.05) is 319 Å². The van der Waals surface area contributed by atoms with Crippen molar-refractivity contribution < 1.29 is 37.3 Å². The first kappa shape index (κ1) is 84.7. The summed E-state index contributed by atoms with van der Waals surface area (Å²) in [6, 6.07) is -0.889. The highest BCUT2D eigenvalue weighted by Crippen LogP contribution is 2.38. The molecule has 1 amide bonds. The largest absolute Gasteiger partial charge is 0.756 e. The molecule has 0 fully saturated rings. The second-order valence-electron chi connectivity index (χ2n) is 26.8. The third-order valence-electron chi connectivity index (χ3n) is 16.9. The van der Waals surface area contributed by atoms with Crippen molar-refractivity contribution in [1.82, 2.24) is 5.32 Å². The Morgan fingerprint density at radius 3 is 1.08 bits per heavy atom. The number of hydrogen-bond acceptors (Lipinski definition) is 7. The predicted octanol–water partition coefficient (Wildman–Crippen LogP) is 23.5. The Kier molecular flexibility index (Phi) is 64.9. The average molecular weight is 1240 g/mol. The van der Waals surface area contributed by atoms with Crippen molar-refractivity contribution >= 4 is 19.7 Å². The standard InChI is InChI=1S/C77H145N2O7P/c1-7-10-13-16-19-22-25-27-29-31-33-35-37-39-41-43-45-47-49-51-54-57-60-63-66-69-76(80)78-74(73-85-87(82,83)84-72-71-79(4,5)6)75(68-65-62-59-56-53-24-21-18-15-12-9-3)86-77(81)70-67-64-61-58-55-52-50-48-46-44-42-40-38-36-34-32-30-28-26-23-20-17-14-11-8-2/h20,23,27-30,34,36,65,68,74-75H,7-19,21-22,24-26,31-33,35,37-64,66-67,69-73H2,1-6H3,(H-,78,80,82,83)/b23-20-,29-27+,30-28-,36-34-,68-65+. The van der Waals surface area contributed by atoms with Crippen LogP contribution in [0.5, 0.6) is 0 Å². The molecule has 0 aromatic carbocycles. The average Bonchev–Trinajstić information content (AvgIpc) is 3.70. The number of ether oxygens (including phenoxy) is 1. The third-order valence-corrected chi connectivity index (χ3v) is 17.9. The van der Waals surface area contributed by atoms with Crippen LogP contribution in [0.25, 0.3) is 0 Å². The number of carbonyl (C=O) groups excluding carboxylic acids is 2. The van der Waals surface area contributed by atoms with Gasteiger partial charge in [0.15, 0.2) is 0 Å². The van der Waals surface area contributed by atoms with E-state index in [1.165, 1.54) is 263 Å². The van der Waals surface area contributed by atoms with Crippen LogP contribution < -0.4 is 10.2 Å². The van der Waals surface area contributed by atoms with Crippen molar-refractivity contribution in [2.45, 2.75) is 380 Å². The first-order valence-corrected chi connectivity index (χ1v) is 39.1. The van der Waals surface area contributed by atoms with Crippen molar-refractivity contribution in [2.24, 2.45) is 0 Å². The number of rotatable bonds is 69. The fourth-order valence-corrected chi connectivity index (χ4v) is 11.8. The Bertz CT molecular complexity index is 1670. The fraction of sp³-hybridized carbons (Fsp3) is 0.844. The van der Waals surface area contributed by atoms with Gasteiger partial charge in [0.05, 0.1) is 33.8 Å². The molecule has 10 heteroatoms. The van der Waals surface area contributed by atoms with Crippen LogP contribution >= 0.6 is 7.82 Å². The van der Waals surface area contributed by atoms with Gasteiger partial charge in [-0.15, -0.1) is 0 Å². The molecule has 0 heterocycles. The molecule has 0 bridgehead atoms. The third kappa shape index (κ3) is 67.9. The molecular formula is C77H145N2O7P. The quantitative estimate of drug-likeness (QED) is 0.0212. The number of nitrogens with one attached hydrogen (secondary N) is 1. The highest BCUT2D eigenvalue weighted by atomic mass is 31.2. The molecule has 87 heavy (non-hydrogen) atoms. The molecule has 9 nitrogen and oxygen atoms in total. The van der Waals surface area contributed by atoms with E-state index in [1.807, 2.05) is 33.3 Å². The predicted molar refractivity (Wildman–Crippen MR) is 376 cm³/mol. The number of unbranched alkanes of at least 4 members (excludes halogenated alkanes) is 45. The number of quaternary nitrogens is 1. The fourth-order valence-electron chi connectivity index (χ4n) is 11.1. The van der Waals surface area contributed by atoms with E-state index in [0.717, 1.165) is 70.6 Å². The summed E-state index contributed by atoms with van der Waals surface area (Å²) in [4.78, 5) is 40.2. The summed E-state index contributed by atoms with van der Waals surface area (Å²) in [7, 11) is 1.20. The molecule has 0 aliphatic carbocycles. The Morgan fingerprint density at radius 2 is 0.701 bits per heavy atom. The van der Waals surface area contributed by atoms with E-state index in [1.54, 1.807) is 0 Å². The summed E-state index contributed by atoms with van der Waals surface area (Å²) in [5.74, 6) is -0.528. The molecule has 0 spiro atoms. The minimum atomic E-state index is -4.70. The number of hydrogen-bond donors (Lipinski definition) is 1. The van der Waals surface area contributed by atoms with E-state index >= 15 is 0 Å². The topological polar surface area (TPSA) is 114 Å². The minimum absolute atomic E-state index is 0.0218. The summed E-state index contributed by atoms with van der Waals surface area (Å²) in [5.41, 5.74) is 0. The highest BCUT2D eigenvalue weighted by molar-refractivity contribution is 7.45. The maximum absolute atomic E-state index is 13.6. The normalized spacial score (nSPS) is 13.8. The lowest BCUT2D eigenvalue weighted by molar-refractivity contribution is -0.870. The van der Waals surface area contributed by atoms with Crippen LogP contribution in [0.2, 0.25) is 0 Å². The zero-order valence-electron chi connectivity index (χ0n) is 58.5. The van der Waals surface area contributed by atoms with Gasteiger partial charge in [-0.2, -0.15) is 0 Å². The monoisotopic (exact) mass is 1240 g/mol. The highest BCUT2D eigenvalue weighted by Gasteiger charge is 2.27. The number of likely N-dealkylation sites (N-methyl/N-ethyl adjacent to an activating group) is 1. The molecule has 3 unspecified atom stereocenters. The van der Waals surface area contributed by atoms with Crippen molar-refractivity contribution in [3.05, 3.63) is 60.8 Å². The van der Waals surface area contributed by atoms with Gasteiger partial charge >= 0.3 is 5.97 Å². The molecule has 0 aromatic heterocycles. The molecule has 0 aliphatic rings. The number of amides is 1. The van der Waals surface area contributed by atoms with Gasteiger partial charge in [-0.05, 0) is 96.0 Å². The first-order valence-electron chi connectivity index (χ1n) is 37.6. The number of phosphoric acid groups is 1. The SMILES string of the molecule is CCCCC/C=C\C/C=C\C/C=C\CCCCCCCCCCCCCCC(=O)OC(/C=C/CCCCCCCCCCC)C(COP(=O)([O-])OCC[N+](C)(C)C)NC(=O)CCCCCCCCCCCCCCCCC/C=C/CCCCCCCC. The molecule has 510 valence electrons.